The number of hydrogen-bond acceptors (Lipinski definition) is 2. The lowest BCUT2D eigenvalue weighted by Crippen LogP contribution is -2.40. The van der Waals surface area contributed by atoms with Gasteiger partial charge in [0.25, 0.3) is 5.91 Å². The lowest BCUT2D eigenvalue weighted by atomic mass is 10.1. The van der Waals surface area contributed by atoms with E-state index in [9.17, 15) is 4.79 Å². The van der Waals surface area contributed by atoms with Gasteiger partial charge in [-0.3, -0.25) is 4.79 Å². The van der Waals surface area contributed by atoms with Crippen molar-refractivity contribution in [2.75, 3.05) is 6.61 Å². The van der Waals surface area contributed by atoms with E-state index in [0.717, 1.165) is 4.47 Å². The number of nitrogens with one attached hydrogen (secondary N) is 1. The van der Waals surface area contributed by atoms with Crippen molar-refractivity contribution in [1.29, 1.82) is 0 Å². The first-order chi connectivity index (χ1) is 7.83. The average Bonchev–Trinajstić information content (AvgIpc) is 2.15. The van der Waals surface area contributed by atoms with Gasteiger partial charge in [0.05, 0.1) is 12.2 Å². The highest BCUT2D eigenvalue weighted by molar-refractivity contribution is 9.10. The topological polar surface area (TPSA) is 38.3 Å². The Balaban J connectivity index is 3.00. The second-order valence-corrected chi connectivity index (χ2v) is 5.69. The predicted octanol–water partition coefficient (Wildman–Crippen LogP) is 3.38. The third-order valence-corrected chi connectivity index (χ3v) is 2.47. The van der Waals surface area contributed by atoms with Gasteiger partial charge in [0, 0.05) is 10.0 Å². The minimum absolute atomic E-state index is 0.117. The van der Waals surface area contributed by atoms with Crippen LogP contribution in [0.5, 0.6) is 5.75 Å². The Hall–Kier alpha value is -1.03. The fraction of sp³-hybridized carbons (Fsp3) is 0.462. The summed E-state index contributed by atoms with van der Waals surface area (Å²) in [6.45, 7) is 8.27. The van der Waals surface area contributed by atoms with Gasteiger partial charge in [0.1, 0.15) is 5.75 Å². The minimum atomic E-state index is -0.256. The van der Waals surface area contributed by atoms with E-state index in [1.165, 1.54) is 0 Å². The molecule has 0 saturated carbocycles. The summed E-state index contributed by atoms with van der Waals surface area (Å²) in [5.41, 5.74) is 0.304. The molecule has 0 unspecified atom stereocenters. The van der Waals surface area contributed by atoms with E-state index in [1.54, 1.807) is 12.1 Å². The Morgan fingerprint density at radius 2 is 2.06 bits per heavy atom. The molecule has 1 rings (SSSR count). The van der Waals surface area contributed by atoms with Crippen molar-refractivity contribution < 1.29 is 9.53 Å². The van der Waals surface area contributed by atoms with E-state index in [1.807, 2.05) is 33.8 Å². The number of amides is 1. The number of halogens is 1. The molecule has 0 atom stereocenters. The second-order valence-electron chi connectivity index (χ2n) is 4.78. The second kappa shape index (κ2) is 5.54. The Labute approximate surface area is 111 Å². The molecule has 0 aromatic heterocycles. The monoisotopic (exact) mass is 299 g/mol. The zero-order chi connectivity index (χ0) is 13.1. The summed E-state index contributed by atoms with van der Waals surface area (Å²) in [6, 6.07) is 5.40. The molecule has 0 radical (unpaired) electrons. The van der Waals surface area contributed by atoms with Crippen molar-refractivity contribution in [2.45, 2.75) is 33.2 Å². The summed E-state index contributed by atoms with van der Waals surface area (Å²) >= 11 is 3.37. The normalized spacial score (nSPS) is 11.1. The highest BCUT2D eigenvalue weighted by Crippen LogP contribution is 2.24. The molecule has 17 heavy (non-hydrogen) atoms. The van der Waals surface area contributed by atoms with E-state index in [2.05, 4.69) is 21.2 Å². The van der Waals surface area contributed by atoms with Gasteiger partial charge in [-0.15, -0.1) is 0 Å². The largest absolute Gasteiger partial charge is 0.493 e. The first kappa shape index (κ1) is 14.0. The molecule has 0 spiro atoms. The van der Waals surface area contributed by atoms with E-state index in [-0.39, 0.29) is 11.4 Å². The summed E-state index contributed by atoms with van der Waals surface area (Å²) in [6.07, 6.45) is 0. The summed E-state index contributed by atoms with van der Waals surface area (Å²) < 4.78 is 6.36. The van der Waals surface area contributed by atoms with Crippen LogP contribution in [-0.2, 0) is 0 Å². The molecular weight excluding hydrogens is 282 g/mol. The number of benzene rings is 1. The van der Waals surface area contributed by atoms with Crippen molar-refractivity contribution in [1.82, 2.24) is 5.32 Å². The Morgan fingerprint density at radius 3 is 2.59 bits per heavy atom. The summed E-state index contributed by atoms with van der Waals surface area (Å²) in [5, 5.41) is 2.92. The van der Waals surface area contributed by atoms with Gasteiger partial charge in [-0.2, -0.15) is 0 Å². The molecule has 0 aliphatic rings. The summed E-state index contributed by atoms with van der Waals surface area (Å²) in [4.78, 5) is 12.1. The molecular formula is C13H18BrNO2. The van der Waals surface area contributed by atoms with Crippen LogP contribution in [0.15, 0.2) is 22.7 Å². The standard InChI is InChI=1S/C13H18BrNO2/c1-5-17-11-8-9(14)6-7-10(11)12(16)15-13(2,3)4/h6-8H,5H2,1-4H3,(H,15,16). The van der Waals surface area contributed by atoms with Crippen LogP contribution in [0.3, 0.4) is 0 Å². The van der Waals surface area contributed by atoms with Gasteiger partial charge in [0.15, 0.2) is 0 Å². The predicted molar refractivity (Wildman–Crippen MR) is 72.5 cm³/mol. The molecule has 4 heteroatoms. The maximum Gasteiger partial charge on any atom is 0.255 e. The molecule has 1 N–H and O–H groups in total. The third kappa shape index (κ3) is 4.38. The van der Waals surface area contributed by atoms with E-state index >= 15 is 0 Å². The van der Waals surface area contributed by atoms with Crippen molar-refractivity contribution in [3.63, 3.8) is 0 Å². The van der Waals surface area contributed by atoms with E-state index in [4.69, 9.17) is 4.74 Å². The van der Waals surface area contributed by atoms with Crippen molar-refractivity contribution in [3.8, 4) is 5.75 Å². The first-order valence-corrected chi connectivity index (χ1v) is 6.37. The molecule has 1 aromatic rings. The van der Waals surface area contributed by atoms with Crippen molar-refractivity contribution in [3.05, 3.63) is 28.2 Å². The molecule has 0 aliphatic heterocycles. The maximum atomic E-state index is 12.1. The van der Waals surface area contributed by atoms with Crippen LogP contribution in [0.4, 0.5) is 0 Å². The number of hydrogen-bond donors (Lipinski definition) is 1. The zero-order valence-electron chi connectivity index (χ0n) is 10.6. The lowest BCUT2D eigenvalue weighted by molar-refractivity contribution is 0.0915. The Kier molecular flexibility index (Phi) is 4.57. The first-order valence-electron chi connectivity index (χ1n) is 5.58. The van der Waals surface area contributed by atoms with Crippen LogP contribution in [0.25, 0.3) is 0 Å². The van der Waals surface area contributed by atoms with Gasteiger partial charge in [-0.05, 0) is 45.9 Å². The van der Waals surface area contributed by atoms with Crippen LogP contribution in [0.1, 0.15) is 38.1 Å². The molecule has 0 bridgehead atoms. The van der Waals surface area contributed by atoms with Crippen LogP contribution in [0.2, 0.25) is 0 Å². The number of ether oxygens (including phenoxy) is 1. The van der Waals surface area contributed by atoms with Gasteiger partial charge < -0.3 is 10.1 Å². The molecule has 0 heterocycles. The molecule has 1 aromatic carbocycles. The quantitative estimate of drug-likeness (QED) is 0.929. The van der Waals surface area contributed by atoms with Crippen molar-refractivity contribution >= 4 is 21.8 Å². The third-order valence-electron chi connectivity index (χ3n) is 1.98. The van der Waals surface area contributed by atoms with E-state index in [0.29, 0.717) is 17.9 Å². The fourth-order valence-electron chi connectivity index (χ4n) is 1.37. The van der Waals surface area contributed by atoms with Gasteiger partial charge >= 0.3 is 0 Å². The van der Waals surface area contributed by atoms with Crippen LogP contribution in [0, 0.1) is 0 Å². The molecule has 94 valence electrons. The van der Waals surface area contributed by atoms with Crippen LogP contribution < -0.4 is 10.1 Å². The van der Waals surface area contributed by atoms with Gasteiger partial charge in [0.2, 0.25) is 0 Å². The molecule has 0 aliphatic carbocycles. The maximum absolute atomic E-state index is 12.1. The lowest BCUT2D eigenvalue weighted by Gasteiger charge is -2.21. The van der Waals surface area contributed by atoms with Crippen LogP contribution >= 0.6 is 15.9 Å². The van der Waals surface area contributed by atoms with Crippen molar-refractivity contribution in [2.24, 2.45) is 0 Å². The number of rotatable bonds is 3. The molecule has 0 fully saturated rings. The fourth-order valence-corrected chi connectivity index (χ4v) is 1.71. The van der Waals surface area contributed by atoms with Crippen LogP contribution in [-0.4, -0.2) is 18.1 Å². The Bertz CT molecular complexity index is 410. The summed E-state index contributed by atoms with van der Waals surface area (Å²) in [7, 11) is 0. The SMILES string of the molecule is CCOc1cc(Br)ccc1C(=O)NC(C)(C)C. The molecule has 1 amide bonds. The average molecular weight is 300 g/mol. The highest BCUT2D eigenvalue weighted by Gasteiger charge is 2.18. The Morgan fingerprint density at radius 1 is 1.41 bits per heavy atom. The number of carbonyl (C=O) groups is 1. The van der Waals surface area contributed by atoms with E-state index < -0.39 is 0 Å². The van der Waals surface area contributed by atoms with Gasteiger partial charge in [-0.1, -0.05) is 15.9 Å². The van der Waals surface area contributed by atoms with Gasteiger partial charge in [-0.25, -0.2) is 0 Å². The molecule has 3 nitrogen and oxygen atoms in total. The minimum Gasteiger partial charge on any atom is -0.493 e. The number of carbonyl (C=O) groups excluding carboxylic acids is 1. The zero-order valence-corrected chi connectivity index (χ0v) is 12.2. The highest BCUT2D eigenvalue weighted by atomic mass is 79.9. The molecule has 0 saturated heterocycles. The summed E-state index contributed by atoms with van der Waals surface area (Å²) in [5.74, 6) is 0.483. The smallest absolute Gasteiger partial charge is 0.255 e.